The van der Waals surface area contributed by atoms with Gasteiger partial charge in [0.2, 0.25) is 5.75 Å². The zero-order chi connectivity index (χ0) is 25.6. The lowest BCUT2D eigenvalue weighted by Crippen LogP contribution is -2.45. The maximum absolute atomic E-state index is 12.9. The first-order valence-electron chi connectivity index (χ1n) is 11.7. The minimum atomic E-state index is -0.646. The van der Waals surface area contributed by atoms with Gasteiger partial charge in [0.25, 0.3) is 0 Å². The lowest BCUT2D eigenvalue weighted by atomic mass is 9.89. The Morgan fingerprint density at radius 3 is 2.20 bits per heavy atom. The van der Waals surface area contributed by atoms with Crippen LogP contribution in [0.3, 0.4) is 0 Å². The van der Waals surface area contributed by atoms with Gasteiger partial charge in [-0.05, 0) is 56.9 Å². The maximum atomic E-state index is 12.9. The summed E-state index contributed by atoms with van der Waals surface area (Å²) in [5, 5.41) is 2.91. The minimum absolute atomic E-state index is 0.334. The van der Waals surface area contributed by atoms with Gasteiger partial charge >= 0.3 is 12.1 Å². The number of esters is 1. The Morgan fingerprint density at radius 1 is 1.03 bits per heavy atom. The Kier molecular flexibility index (Phi) is 8.48. The molecular formula is C27H35NO7. The molecule has 1 saturated heterocycles. The number of methoxy groups -OCH3 is 3. The molecule has 8 heteroatoms. The van der Waals surface area contributed by atoms with E-state index in [0.29, 0.717) is 36.5 Å². The normalized spacial score (nSPS) is 18.4. The monoisotopic (exact) mass is 485 g/mol. The van der Waals surface area contributed by atoms with Crippen molar-refractivity contribution in [2.45, 2.75) is 57.8 Å². The molecule has 1 aliphatic rings. The smallest absolute Gasteiger partial charge is 0.407 e. The van der Waals surface area contributed by atoms with Crippen molar-refractivity contribution < 1.29 is 33.3 Å². The maximum Gasteiger partial charge on any atom is 0.407 e. The highest BCUT2D eigenvalue weighted by atomic mass is 16.6. The van der Waals surface area contributed by atoms with Crippen LogP contribution in [0, 0.1) is 5.92 Å². The number of carbonyl (C=O) groups excluding carboxylic acids is 2. The van der Waals surface area contributed by atoms with E-state index in [9.17, 15) is 9.59 Å². The summed E-state index contributed by atoms with van der Waals surface area (Å²) >= 11 is 0. The van der Waals surface area contributed by atoms with Crippen molar-refractivity contribution in [3.05, 3.63) is 53.6 Å². The molecule has 0 spiro atoms. The minimum Gasteiger partial charge on any atom is -0.493 e. The predicted octanol–water partition coefficient (Wildman–Crippen LogP) is 4.32. The summed E-state index contributed by atoms with van der Waals surface area (Å²) in [6, 6.07) is 13.0. The highest BCUT2D eigenvalue weighted by molar-refractivity contribution is 5.77. The number of hydrogen-bond donors (Lipinski definition) is 1. The fourth-order valence-corrected chi connectivity index (χ4v) is 4.27. The topological polar surface area (TPSA) is 92.3 Å². The molecule has 2 aromatic rings. The van der Waals surface area contributed by atoms with E-state index in [1.54, 1.807) is 42.1 Å². The number of rotatable bonds is 9. The van der Waals surface area contributed by atoms with Crippen LogP contribution in [-0.4, -0.2) is 51.1 Å². The standard InChI is InChI=1S/C27H35NO7/c1-27(2,3)35-26(30)28-21(13-17-10-8-7-9-11-17)20-16-19(34-25(20)29)12-18-14-22(31-4)24(33-6)23(15-18)32-5/h7-11,14-15,19-21H,12-13,16H2,1-6H3,(H,28,30)/t19-,20-,21+/m1/s1. The number of carbonyl (C=O) groups is 2. The van der Waals surface area contributed by atoms with Crippen molar-refractivity contribution in [2.75, 3.05) is 21.3 Å². The summed E-state index contributed by atoms with van der Waals surface area (Å²) in [6.45, 7) is 5.40. The zero-order valence-corrected chi connectivity index (χ0v) is 21.3. The van der Waals surface area contributed by atoms with E-state index in [2.05, 4.69) is 5.32 Å². The second-order valence-corrected chi connectivity index (χ2v) is 9.58. The van der Waals surface area contributed by atoms with Crippen LogP contribution in [-0.2, 0) is 27.1 Å². The van der Waals surface area contributed by atoms with Crippen molar-refractivity contribution >= 4 is 12.1 Å². The zero-order valence-electron chi connectivity index (χ0n) is 21.3. The molecule has 0 aromatic heterocycles. The molecule has 1 fully saturated rings. The fourth-order valence-electron chi connectivity index (χ4n) is 4.27. The first kappa shape index (κ1) is 26.2. The molecule has 2 aromatic carbocycles. The molecule has 1 amide bonds. The highest BCUT2D eigenvalue weighted by Crippen LogP contribution is 2.39. The van der Waals surface area contributed by atoms with Gasteiger partial charge in [0.05, 0.1) is 27.2 Å². The van der Waals surface area contributed by atoms with Gasteiger partial charge in [-0.2, -0.15) is 0 Å². The number of amides is 1. The molecule has 1 heterocycles. The van der Waals surface area contributed by atoms with Gasteiger partial charge in [-0.25, -0.2) is 4.79 Å². The summed E-state index contributed by atoms with van der Waals surface area (Å²) < 4.78 is 27.5. The summed E-state index contributed by atoms with van der Waals surface area (Å²) in [4.78, 5) is 25.5. The molecule has 0 unspecified atom stereocenters. The van der Waals surface area contributed by atoms with Crippen LogP contribution in [0.4, 0.5) is 4.79 Å². The van der Waals surface area contributed by atoms with Crippen molar-refractivity contribution in [3.63, 3.8) is 0 Å². The van der Waals surface area contributed by atoms with Gasteiger partial charge in [-0.1, -0.05) is 30.3 Å². The summed E-state index contributed by atoms with van der Waals surface area (Å²) in [6.07, 6.45) is 0.511. The molecule has 35 heavy (non-hydrogen) atoms. The van der Waals surface area contributed by atoms with Crippen LogP contribution in [0.1, 0.15) is 38.3 Å². The lowest BCUT2D eigenvalue weighted by molar-refractivity contribution is -0.144. The first-order valence-corrected chi connectivity index (χ1v) is 11.7. The Bertz CT molecular complexity index is 991. The Morgan fingerprint density at radius 2 is 1.66 bits per heavy atom. The molecule has 3 atom stereocenters. The number of cyclic esters (lactones) is 1. The average molecular weight is 486 g/mol. The van der Waals surface area contributed by atoms with Gasteiger partial charge in [0.15, 0.2) is 11.5 Å². The molecule has 8 nitrogen and oxygen atoms in total. The molecule has 0 saturated carbocycles. The predicted molar refractivity (Wildman–Crippen MR) is 131 cm³/mol. The van der Waals surface area contributed by atoms with Crippen molar-refractivity contribution in [1.29, 1.82) is 0 Å². The van der Waals surface area contributed by atoms with Crippen LogP contribution < -0.4 is 19.5 Å². The summed E-state index contributed by atoms with van der Waals surface area (Å²) in [5.74, 6) is 0.742. The van der Waals surface area contributed by atoms with Crippen molar-refractivity contribution in [2.24, 2.45) is 5.92 Å². The van der Waals surface area contributed by atoms with Crippen LogP contribution in [0.5, 0.6) is 17.2 Å². The summed E-state index contributed by atoms with van der Waals surface area (Å²) in [7, 11) is 4.67. The number of alkyl carbamates (subject to hydrolysis) is 1. The third kappa shape index (κ3) is 7.04. The van der Waals surface area contributed by atoms with E-state index in [1.807, 2.05) is 42.5 Å². The number of benzene rings is 2. The van der Waals surface area contributed by atoms with Crippen LogP contribution in [0.15, 0.2) is 42.5 Å². The Balaban J connectivity index is 1.78. The SMILES string of the molecule is COc1cc(C[C@@H]2C[C@H]([C@H](Cc3ccccc3)NC(=O)OC(C)(C)C)C(=O)O2)cc(OC)c1OC. The molecule has 0 radical (unpaired) electrons. The van der Waals surface area contributed by atoms with Crippen molar-refractivity contribution in [3.8, 4) is 17.2 Å². The lowest BCUT2D eigenvalue weighted by Gasteiger charge is -2.26. The van der Waals surface area contributed by atoms with Gasteiger partial charge in [-0.15, -0.1) is 0 Å². The van der Waals surface area contributed by atoms with E-state index in [4.69, 9.17) is 23.7 Å². The van der Waals surface area contributed by atoms with E-state index in [1.165, 1.54) is 0 Å². The number of hydrogen-bond acceptors (Lipinski definition) is 7. The number of ether oxygens (including phenoxy) is 5. The van der Waals surface area contributed by atoms with E-state index >= 15 is 0 Å². The quantitative estimate of drug-likeness (QED) is 0.529. The van der Waals surface area contributed by atoms with Crippen molar-refractivity contribution in [1.82, 2.24) is 5.32 Å². The van der Waals surface area contributed by atoms with Gasteiger partial charge in [0.1, 0.15) is 11.7 Å². The molecule has 1 aliphatic heterocycles. The van der Waals surface area contributed by atoms with E-state index in [-0.39, 0.29) is 12.1 Å². The fraction of sp³-hybridized carbons (Fsp3) is 0.481. The summed E-state index contributed by atoms with van der Waals surface area (Å²) in [5.41, 5.74) is 1.25. The van der Waals surface area contributed by atoms with Crippen LogP contribution in [0.2, 0.25) is 0 Å². The Hall–Kier alpha value is -3.42. The van der Waals surface area contributed by atoms with Gasteiger partial charge in [-0.3, -0.25) is 4.79 Å². The second kappa shape index (κ2) is 11.3. The first-order chi connectivity index (χ1) is 16.6. The van der Waals surface area contributed by atoms with E-state index < -0.39 is 23.7 Å². The van der Waals surface area contributed by atoms with E-state index in [0.717, 1.165) is 11.1 Å². The molecule has 3 rings (SSSR count). The molecular weight excluding hydrogens is 450 g/mol. The number of nitrogens with one attached hydrogen (secondary N) is 1. The average Bonchev–Trinajstić information content (AvgIpc) is 3.17. The third-order valence-electron chi connectivity index (χ3n) is 5.78. The van der Waals surface area contributed by atoms with Crippen LogP contribution in [0.25, 0.3) is 0 Å². The molecule has 1 N–H and O–H groups in total. The third-order valence-corrected chi connectivity index (χ3v) is 5.78. The Labute approximate surface area is 206 Å². The highest BCUT2D eigenvalue weighted by Gasteiger charge is 2.41. The molecule has 190 valence electrons. The second-order valence-electron chi connectivity index (χ2n) is 9.58. The molecule has 0 bridgehead atoms. The molecule has 0 aliphatic carbocycles. The van der Waals surface area contributed by atoms with Crippen LogP contribution >= 0.6 is 0 Å². The largest absolute Gasteiger partial charge is 0.493 e. The van der Waals surface area contributed by atoms with Gasteiger partial charge < -0.3 is 29.0 Å². The van der Waals surface area contributed by atoms with Gasteiger partial charge in [0, 0.05) is 12.5 Å².